The molecule has 0 aliphatic carbocycles. The summed E-state index contributed by atoms with van der Waals surface area (Å²) in [5.74, 6) is 0. The molecule has 2 fully saturated rings. The van der Waals surface area contributed by atoms with Crippen molar-refractivity contribution < 1.29 is 4.74 Å². The van der Waals surface area contributed by atoms with Gasteiger partial charge in [-0.05, 0) is 20.6 Å². The normalized spacial score (nSPS) is 35.4. The van der Waals surface area contributed by atoms with Crippen LogP contribution in [0.1, 0.15) is 6.92 Å². The van der Waals surface area contributed by atoms with Crippen LogP contribution in [0.4, 0.5) is 0 Å². The van der Waals surface area contributed by atoms with Gasteiger partial charge in [0, 0.05) is 38.8 Å². The molecular weight excluding hydrogens is 202 g/mol. The van der Waals surface area contributed by atoms with E-state index in [1.54, 1.807) is 0 Å². The molecule has 0 amide bonds. The van der Waals surface area contributed by atoms with E-state index in [4.69, 9.17) is 4.74 Å². The van der Waals surface area contributed by atoms with Crippen LogP contribution in [-0.4, -0.2) is 86.8 Å². The smallest absolute Gasteiger partial charge is 0.0869 e. The summed E-state index contributed by atoms with van der Waals surface area (Å²) in [6.07, 6.45) is 0.390. The molecule has 0 spiro atoms. The van der Waals surface area contributed by atoms with Gasteiger partial charge in [0.1, 0.15) is 0 Å². The molecule has 4 heteroatoms. The van der Waals surface area contributed by atoms with Crippen LogP contribution in [0.25, 0.3) is 0 Å². The van der Waals surface area contributed by atoms with E-state index in [-0.39, 0.29) is 0 Å². The summed E-state index contributed by atoms with van der Waals surface area (Å²) in [4.78, 5) is 7.38. The molecule has 0 bridgehead atoms. The third kappa shape index (κ3) is 2.74. The van der Waals surface area contributed by atoms with E-state index in [9.17, 15) is 0 Å². The number of morpholine rings is 1. The first-order valence-corrected chi connectivity index (χ1v) is 6.43. The zero-order valence-electron chi connectivity index (χ0n) is 10.9. The van der Waals surface area contributed by atoms with Crippen LogP contribution in [0.15, 0.2) is 0 Å². The maximum absolute atomic E-state index is 5.96. The number of rotatable bonds is 2. The lowest BCUT2D eigenvalue weighted by atomic mass is 10.0. The molecule has 0 aromatic carbocycles. The Labute approximate surface area is 99.1 Å². The number of hydrogen-bond acceptors (Lipinski definition) is 4. The first kappa shape index (κ1) is 12.3. The van der Waals surface area contributed by atoms with E-state index in [2.05, 4.69) is 35.7 Å². The van der Waals surface area contributed by atoms with Crippen molar-refractivity contribution in [1.82, 2.24) is 14.7 Å². The number of likely N-dealkylation sites (N-methyl/N-ethyl adjacent to an activating group) is 3. The molecule has 2 unspecified atom stereocenters. The molecular formula is C12H25N3O. The third-order valence-electron chi connectivity index (χ3n) is 3.87. The van der Waals surface area contributed by atoms with Crippen LogP contribution < -0.4 is 0 Å². The van der Waals surface area contributed by atoms with Gasteiger partial charge in [-0.2, -0.15) is 0 Å². The van der Waals surface area contributed by atoms with E-state index < -0.39 is 0 Å². The van der Waals surface area contributed by atoms with Gasteiger partial charge in [-0.15, -0.1) is 0 Å². The molecule has 0 aromatic rings. The van der Waals surface area contributed by atoms with Crippen molar-refractivity contribution in [3.05, 3.63) is 0 Å². The second-order valence-electron chi connectivity index (χ2n) is 5.13. The van der Waals surface area contributed by atoms with Crippen LogP contribution in [0, 0.1) is 0 Å². The predicted octanol–water partition coefficient (Wildman–Crippen LogP) is -0.0471. The minimum absolute atomic E-state index is 0.390. The van der Waals surface area contributed by atoms with Gasteiger partial charge in [-0.3, -0.25) is 4.90 Å². The van der Waals surface area contributed by atoms with Gasteiger partial charge in [0.15, 0.2) is 0 Å². The Morgan fingerprint density at radius 2 is 1.81 bits per heavy atom. The molecule has 94 valence electrons. The fraction of sp³-hybridized carbons (Fsp3) is 1.00. The fourth-order valence-electron chi connectivity index (χ4n) is 2.78. The second kappa shape index (κ2) is 5.45. The van der Waals surface area contributed by atoms with Gasteiger partial charge < -0.3 is 14.5 Å². The maximum Gasteiger partial charge on any atom is 0.0869 e. The average molecular weight is 227 g/mol. The van der Waals surface area contributed by atoms with Gasteiger partial charge in [0.05, 0.1) is 12.7 Å². The molecule has 4 nitrogen and oxygen atoms in total. The van der Waals surface area contributed by atoms with Crippen LogP contribution >= 0.6 is 0 Å². The molecule has 0 radical (unpaired) electrons. The van der Waals surface area contributed by atoms with Crippen molar-refractivity contribution in [3.63, 3.8) is 0 Å². The molecule has 2 heterocycles. The molecule has 0 N–H and O–H groups in total. The molecule has 2 saturated heterocycles. The van der Waals surface area contributed by atoms with Gasteiger partial charge in [0.2, 0.25) is 0 Å². The molecule has 2 aliphatic rings. The third-order valence-corrected chi connectivity index (χ3v) is 3.87. The highest BCUT2D eigenvalue weighted by molar-refractivity contribution is 4.89. The first-order valence-electron chi connectivity index (χ1n) is 6.43. The van der Waals surface area contributed by atoms with Gasteiger partial charge in [0.25, 0.3) is 0 Å². The average Bonchev–Trinajstić information content (AvgIpc) is 2.29. The van der Waals surface area contributed by atoms with Crippen molar-refractivity contribution in [2.75, 3.05) is 60.0 Å². The largest absolute Gasteiger partial charge is 0.374 e. The highest BCUT2D eigenvalue weighted by Gasteiger charge is 2.33. The summed E-state index contributed by atoms with van der Waals surface area (Å²) >= 11 is 0. The van der Waals surface area contributed by atoms with Crippen molar-refractivity contribution in [2.24, 2.45) is 0 Å². The Bertz CT molecular complexity index is 224. The first-order chi connectivity index (χ1) is 7.70. The van der Waals surface area contributed by atoms with Crippen molar-refractivity contribution in [3.8, 4) is 0 Å². The summed E-state index contributed by atoms with van der Waals surface area (Å²) in [5.41, 5.74) is 0. The summed E-state index contributed by atoms with van der Waals surface area (Å²) in [7, 11) is 4.41. The number of nitrogens with zero attached hydrogens (tertiary/aromatic N) is 3. The maximum atomic E-state index is 5.96. The van der Waals surface area contributed by atoms with Crippen molar-refractivity contribution in [2.45, 2.75) is 19.1 Å². The Kier molecular flexibility index (Phi) is 4.19. The van der Waals surface area contributed by atoms with E-state index in [0.717, 1.165) is 32.8 Å². The Morgan fingerprint density at radius 3 is 2.50 bits per heavy atom. The lowest BCUT2D eigenvalue weighted by Gasteiger charge is -2.45. The van der Waals surface area contributed by atoms with Crippen LogP contribution in [-0.2, 0) is 4.74 Å². The molecule has 2 aliphatic heterocycles. The zero-order chi connectivity index (χ0) is 11.5. The predicted molar refractivity (Wildman–Crippen MR) is 65.8 cm³/mol. The van der Waals surface area contributed by atoms with Crippen LogP contribution in [0.2, 0.25) is 0 Å². The minimum Gasteiger partial charge on any atom is -0.374 e. The van der Waals surface area contributed by atoms with E-state index in [1.165, 1.54) is 13.1 Å². The summed E-state index contributed by atoms with van der Waals surface area (Å²) in [6.45, 7) is 9.95. The van der Waals surface area contributed by atoms with E-state index >= 15 is 0 Å². The Hall–Kier alpha value is -0.160. The Morgan fingerprint density at radius 1 is 1.06 bits per heavy atom. The van der Waals surface area contributed by atoms with Gasteiger partial charge in [-0.25, -0.2) is 0 Å². The van der Waals surface area contributed by atoms with Crippen molar-refractivity contribution >= 4 is 0 Å². The lowest BCUT2D eigenvalue weighted by Crippen LogP contribution is -2.60. The number of ether oxygens (including phenoxy) is 1. The van der Waals surface area contributed by atoms with Crippen LogP contribution in [0.3, 0.4) is 0 Å². The van der Waals surface area contributed by atoms with E-state index in [0.29, 0.717) is 12.1 Å². The van der Waals surface area contributed by atoms with Gasteiger partial charge >= 0.3 is 0 Å². The number of hydrogen-bond donors (Lipinski definition) is 0. The quantitative estimate of drug-likeness (QED) is 0.658. The summed E-state index contributed by atoms with van der Waals surface area (Å²) < 4.78 is 5.96. The summed E-state index contributed by atoms with van der Waals surface area (Å²) in [5, 5.41) is 0. The highest BCUT2D eigenvalue weighted by atomic mass is 16.5. The molecule has 16 heavy (non-hydrogen) atoms. The molecule has 0 saturated carbocycles. The van der Waals surface area contributed by atoms with E-state index in [1.807, 2.05) is 0 Å². The molecule has 2 atom stereocenters. The Balaban J connectivity index is 1.98. The standard InChI is InChI=1S/C12H25N3O/c1-4-15-6-5-13(2)9-11(15)12-10-14(3)7-8-16-12/h11-12H,4-10H2,1-3H3. The fourth-order valence-corrected chi connectivity index (χ4v) is 2.78. The minimum atomic E-state index is 0.390. The van der Waals surface area contributed by atoms with Crippen LogP contribution in [0.5, 0.6) is 0 Å². The zero-order valence-corrected chi connectivity index (χ0v) is 10.9. The van der Waals surface area contributed by atoms with Crippen molar-refractivity contribution in [1.29, 1.82) is 0 Å². The highest BCUT2D eigenvalue weighted by Crippen LogP contribution is 2.17. The number of piperazine rings is 1. The topological polar surface area (TPSA) is 19.0 Å². The molecule has 2 rings (SSSR count). The monoisotopic (exact) mass is 227 g/mol. The second-order valence-corrected chi connectivity index (χ2v) is 5.13. The summed E-state index contributed by atoms with van der Waals surface area (Å²) in [6, 6.07) is 0.575. The SMILES string of the molecule is CCN1CCN(C)CC1C1CN(C)CCO1. The molecule has 0 aromatic heterocycles. The van der Waals surface area contributed by atoms with Gasteiger partial charge in [-0.1, -0.05) is 6.92 Å². The lowest BCUT2D eigenvalue weighted by molar-refractivity contribution is -0.0817.